The highest BCUT2D eigenvalue weighted by atomic mass is 16.5. The third-order valence-corrected chi connectivity index (χ3v) is 5.75. The summed E-state index contributed by atoms with van der Waals surface area (Å²) in [7, 11) is 3.53. The third-order valence-electron chi connectivity index (χ3n) is 5.75. The third kappa shape index (κ3) is 3.49. The van der Waals surface area contributed by atoms with Crippen LogP contribution >= 0.6 is 0 Å². The zero-order chi connectivity index (χ0) is 21.6. The highest BCUT2D eigenvalue weighted by Gasteiger charge is 2.35. The molecule has 3 heterocycles. The molecule has 7 heteroatoms. The molecule has 30 heavy (non-hydrogen) atoms. The summed E-state index contributed by atoms with van der Waals surface area (Å²) in [6, 6.07) is 8.01. The summed E-state index contributed by atoms with van der Waals surface area (Å²) >= 11 is 0. The Balaban J connectivity index is 1.86. The first-order valence-electron chi connectivity index (χ1n) is 10.0. The predicted octanol–water partition coefficient (Wildman–Crippen LogP) is 3.09. The van der Waals surface area contributed by atoms with Crippen molar-refractivity contribution in [2.24, 2.45) is 0 Å². The molecule has 1 aliphatic rings. The lowest BCUT2D eigenvalue weighted by molar-refractivity contribution is 0.0783. The van der Waals surface area contributed by atoms with Gasteiger partial charge >= 0.3 is 0 Å². The minimum Gasteiger partial charge on any atom is -0.386 e. The quantitative estimate of drug-likeness (QED) is 0.671. The molecular weight excluding hydrogens is 380 g/mol. The van der Waals surface area contributed by atoms with Crippen molar-refractivity contribution in [2.45, 2.75) is 38.8 Å². The lowest BCUT2D eigenvalue weighted by atomic mass is 9.96. The first-order valence-corrected chi connectivity index (χ1v) is 10.0. The zero-order valence-corrected chi connectivity index (χ0v) is 18.0. The van der Waals surface area contributed by atoms with Crippen molar-refractivity contribution in [3.63, 3.8) is 0 Å². The summed E-state index contributed by atoms with van der Waals surface area (Å²) in [5, 5.41) is 22.1. The van der Waals surface area contributed by atoms with Gasteiger partial charge in [0.25, 0.3) is 0 Å². The van der Waals surface area contributed by atoms with Crippen LogP contribution in [0, 0.1) is 0 Å². The van der Waals surface area contributed by atoms with Crippen LogP contribution in [-0.4, -0.2) is 53.3 Å². The summed E-state index contributed by atoms with van der Waals surface area (Å²) < 4.78 is 5.44. The monoisotopic (exact) mass is 408 g/mol. The van der Waals surface area contributed by atoms with Crippen molar-refractivity contribution in [3.8, 4) is 11.1 Å². The second-order valence-corrected chi connectivity index (χ2v) is 8.40. The molecule has 2 aromatic heterocycles. The summed E-state index contributed by atoms with van der Waals surface area (Å²) in [4.78, 5) is 12.7. The molecule has 0 saturated heterocycles. The van der Waals surface area contributed by atoms with Gasteiger partial charge in [0.2, 0.25) is 6.35 Å². The van der Waals surface area contributed by atoms with Gasteiger partial charge in [0, 0.05) is 49.6 Å². The molecule has 0 radical (unpaired) electrons. The highest BCUT2D eigenvalue weighted by molar-refractivity contribution is 6.02. The number of nitrogens with zero attached hydrogens (tertiary/aromatic N) is 4. The van der Waals surface area contributed by atoms with Crippen LogP contribution in [0.25, 0.3) is 22.0 Å². The molecule has 3 aromatic rings. The molecule has 2 atom stereocenters. The maximum atomic E-state index is 10.8. The predicted molar refractivity (Wildman–Crippen MR) is 118 cm³/mol. The Morgan fingerprint density at radius 2 is 1.93 bits per heavy atom. The molecule has 0 fully saturated rings. The number of rotatable bonds is 5. The molecule has 0 amide bonds. The smallest absolute Gasteiger partial charge is 0.207 e. The zero-order valence-electron chi connectivity index (χ0n) is 18.0. The summed E-state index contributed by atoms with van der Waals surface area (Å²) in [5.41, 5.74) is 4.33. The molecule has 2 N–H and O–H groups in total. The van der Waals surface area contributed by atoms with Gasteiger partial charge in [-0.2, -0.15) is 0 Å². The van der Waals surface area contributed by atoms with Gasteiger partial charge in [-0.05, 0) is 44.5 Å². The number of anilines is 2. The Bertz CT molecular complexity index is 1080. The second-order valence-electron chi connectivity index (χ2n) is 8.40. The van der Waals surface area contributed by atoms with Crippen molar-refractivity contribution in [1.82, 2.24) is 9.97 Å². The molecule has 158 valence electrons. The fraction of sp³-hybridized carbons (Fsp3) is 0.391. The summed E-state index contributed by atoms with van der Waals surface area (Å²) in [5.74, 6) is 0. The van der Waals surface area contributed by atoms with E-state index in [0.717, 1.165) is 39.0 Å². The van der Waals surface area contributed by atoms with Crippen molar-refractivity contribution in [3.05, 3.63) is 48.4 Å². The molecule has 0 saturated carbocycles. The number of hydrogen-bond acceptors (Lipinski definition) is 7. The Morgan fingerprint density at radius 3 is 2.63 bits per heavy atom. The average molecular weight is 409 g/mol. The number of ether oxygens (including phenoxy) is 1. The number of aromatic nitrogens is 2. The second kappa shape index (κ2) is 7.50. The van der Waals surface area contributed by atoms with E-state index in [1.807, 2.05) is 42.0 Å². The molecule has 7 nitrogen and oxygen atoms in total. The van der Waals surface area contributed by atoms with E-state index >= 15 is 0 Å². The lowest BCUT2D eigenvalue weighted by Crippen LogP contribution is -2.44. The number of methoxy groups -OCH3 is 1. The first-order chi connectivity index (χ1) is 14.2. The number of aliphatic hydroxyl groups excluding tert-OH is 1. The fourth-order valence-electron chi connectivity index (χ4n) is 3.83. The Morgan fingerprint density at radius 1 is 1.17 bits per heavy atom. The van der Waals surface area contributed by atoms with Crippen LogP contribution in [0.3, 0.4) is 0 Å². The largest absolute Gasteiger partial charge is 0.386 e. The maximum Gasteiger partial charge on any atom is 0.207 e. The summed E-state index contributed by atoms with van der Waals surface area (Å²) in [6.07, 6.45) is 4.45. The van der Waals surface area contributed by atoms with Crippen LogP contribution in [0.15, 0.2) is 42.9 Å². The molecule has 1 aliphatic heterocycles. The van der Waals surface area contributed by atoms with Gasteiger partial charge in [-0.15, -0.1) is 0 Å². The first kappa shape index (κ1) is 20.5. The van der Waals surface area contributed by atoms with E-state index in [4.69, 9.17) is 4.74 Å². The minimum atomic E-state index is -0.970. The van der Waals surface area contributed by atoms with Crippen molar-refractivity contribution < 1.29 is 14.9 Å². The van der Waals surface area contributed by atoms with E-state index in [1.54, 1.807) is 39.5 Å². The summed E-state index contributed by atoms with van der Waals surface area (Å²) in [6.45, 7) is 6.02. The number of pyridine rings is 2. The molecule has 0 aliphatic carbocycles. The van der Waals surface area contributed by atoms with Crippen LogP contribution in [0.1, 0.15) is 26.3 Å². The van der Waals surface area contributed by atoms with Crippen LogP contribution < -0.4 is 9.80 Å². The normalized spacial score (nSPS) is 17.5. The van der Waals surface area contributed by atoms with Crippen LogP contribution in [0.4, 0.5) is 11.4 Å². The minimum absolute atomic E-state index is 0.0435. The van der Waals surface area contributed by atoms with Crippen LogP contribution in [0.2, 0.25) is 0 Å². The van der Waals surface area contributed by atoms with E-state index in [0.29, 0.717) is 6.54 Å². The number of fused-ring (bicyclic) bond motifs is 3. The maximum absolute atomic E-state index is 10.8. The molecule has 1 aromatic carbocycles. The molecule has 0 spiro atoms. The van der Waals surface area contributed by atoms with Gasteiger partial charge in [0.1, 0.15) is 0 Å². The number of aliphatic hydroxyl groups is 2. The Labute approximate surface area is 176 Å². The molecule has 1 unspecified atom stereocenters. The average Bonchev–Trinajstić information content (AvgIpc) is 2.97. The molecule has 0 bridgehead atoms. The van der Waals surface area contributed by atoms with E-state index in [1.165, 1.54) is 0 Å². The van der Waals surface area contributed by atoms with E-state index in [9.17, 15) is 10.2 Å². The van der Waals surface area contributed by atoms with Crippen molar-refractivity contribution in [2.75, 3.05) is 30.5 Å². The standard InChI is InChI=1S/C23H28N4O3/c1-14(30-5)13-27-21-18-9-15(16-8-17(11-24-10-16)23(2,3)29)6-7-19(18)25-12-20(21)26(4)22(27)28/h6-12,14,22,28-29H,13H2,1-5H3/t14-,22?/m0/s1. The lowest BCUT2D eigenvalue weighted by Gasteiger charge is -2.28. The van der Waals surface area contributed by atoms with Gasteiger partial charge in [-0.3, -0.25) is 9.97 Å². The van der Waals surface area contributed by atoms with E-state index < -0.39 is 12.0 Å². The molecular formula is C23H28N4O3. The number of hydrogen-bond donors (Lipinski definition) is 2. The van der Waals surface area contributed by atoms with Crippen LogP contribution in [-0.2, 0) is 10.3 Å². The van der Waals surface area contributed by atoms with Gasteiger partial charge < -0.3 is 24.7 Å². The van der Waals surface area contributed by atoms with E-state index in [-0.39, 0.29) is 6.10 Å². The fourth-order valence-corrected chi connectivity index (χ4v) is 3.83. The van der Waals surface area contributed by atoms with Crippen molar-refractivity contribution >= 4 is 22.3 Å². The Hall–Kier alpha value is -2.74. The highest BCUT2D eigenvalue weighted by Crippen LogP contribution is 2.43. The topological polar surface area (TPSA) is 82.0 Å². The molecule has 4 rings (SSSR count). The van der Waals surface area contributed by atoms with Gasteiger partial charge in [-0.1, -0.05) is 6.07 Å². The Kier molecular flexibility index (Phi) is 5.13. The SMILES string of the molecule is CO[C@@H](C)CN1c2c(cnc3ccc(-c4cncc(C(C)(C)O)c4)cc23)N(C)C1O. The number of benzene rings is 1. The van der Waals surface area contributed by atoms with Gasteiger partial charge in [0.05, 0.1) is 34.8 Å². The van der Waals surface area contributed by atoms with Gasteiger partial charge in [0.15, 0.2) is 0 Å². The van der Waals surface area contributed by atoms with E-state index in [2.05, 4.69) is 16.0 Å². The van der Waals surface area contributed by atoms with Crippen LogP contribution in [0.5, 0.6) is 0 Å². The van der Waals surface area contributed by atoms with Gasteiger partial charge in [-0.25, -0.2) is 0 Å². The van der Waals surface area contributed by atoms with Crippen molar-refractivity contribution in [1.29, 1.82) is 0 Å².